The summed E-state index contributed by atoms with van der Waals surface area (Å²) in [7, 11) is 2.63. The third-order valence-electron chi connectivity index (χ3n) is 3.85. The van der Waals surface area contributed by atoms with Crippen LogP contribution in [0, 0.1) is 17.3 Å². The van der Waals surface area contributed by atoms with E-state index in [1.54, 1.807) is 0 Å². The molecule has 0 N–H and O–H groups in total. The quantitative estimate of drug-likeness (QED) is 0.403. The van der Waals surface area contributed by atoms with E-state index < -0.39 is 17.4 Å². The maximum Gasteiger partial charge on any atom is 0.323 e. The van der Waals surface area contributed by atoms with Crippen molar-refractivity contribution in [2.45, 2.75) is 19.8 Å². The van der Waals surface area contributed by atoms with Gasteiger partial charge in [0, 0.05) is 0 Å². The Hall–Kier alpha value is -1.32. The van der Waals surface area contributed by atoms with Gasteiger partial charge in [-0.15, -0.1) is 0 Å². The van der Waals surface area contributed by atoms with Crippen LogP contribution in [0.3, 0.4) is 0 Å². The predicted molar refractivity (Wildman–Crippen MR) is 56.4 cm³/mol. The number of fused-ring (bicyclic) bond motifs is 1. The molecule has 16 heavy (non-hydrogen) atoms. The first-order valence-electron chi connectivity index (χ1n) is 5.41. The van der Waals surface area contributed by atoms with Crippen LogP contribution >= 0.6 is 0 Å². The molecule has 2 unspecified atom stereocenters. The van der Waals surface area contributed by atoms with Crippen LogP contribution in [-0.2, 0) is 19.1 Å². The molecule has 4 heteroatoms. The number of carbonyl (C=O) groups is 2. The summed E-state index contributed by atoms with van der Waals surface area (Å²) in [4.78, 5) is 23.6. The van der Waals surface area contributed by atoms with Crippen LogP contribution in [0.1, 0.15) is 19.8 Å². The molecule has 0 aromatic carbocycles. The third kappa shape index (κ3) is 1.22. The molecule has 0 aromatic heterocycles. The molecule has 0 radical (unpaired) electrons. The molecule has 0 bridgehead atoms. The molecule has 0 aromatic rings. The minimum absolute atomic E-state index is 0.0658. The number of methoxy groups -OCH3 is 2. The van der Waals surface area contributed by atoms with E-state index in [2.05, 4.69) is 6.08 Å². The summed E-state index contributed by atoms with van der Waals surface area (Å²) >= 11 is 0. The summed E-state index contributed by atoms with van der Waals surface area (Å²) in [5, 5.41) is 0. The van der Waals surface area contributed by atoms with Crippen molar-refractivity contribution in [1.29, 1.82) is 0 Å². The topological polar surface area (TPSA) is 52.6 Å². The molecule has 0 aliphatic heterocycles. The molecule has 0 heterocycles. The summed E-state index contributed by atoms with van der Waals surface area (Å²) in [5.74, 6) is -0.761. The van der Waals surface area contributed by atoms with Gasteiger partial charge in [0.1, 0.15) is 0 Å². The van der Waals surface area contributed by atoms with Gasteiger partial charge in [-0.2, -0.15) is 0 Å². The van der Waals surface area contributed by atoms with Crippen LogP contribution in [0.2, 0.25) is 0 Å². The van der Waals surface area contributed by atoms with E-state index in [1.807, 2.05) is 6.92 Å². The van der Waals surface area contributed by atoms with E-state index >= 15 is 0 Å². The van der Waals surface area contributed by atoms with Crippen LogP contribution in [0.5, 0.6) is 0 Å². The minimum atomic E-state index is -1.03. The van der Waals surface area contributed by atoms with Gasteiger partial charge in [-0.05, 0) is 31.6 Å². The van der Waals surface area contributed by atoms with Crippen molar-refractivity contribution in [1.82, 2.24) is 0 Å². The van der Waals surface area contributed by atoms with Crippen LogP contribution in [0.4, 0.5) is 0 Å². The Balaban J connectivity index is 2.28. The molecule has 2 aliphatic rings. The fraction of sp³-hybridized carbons (Fsp3) is 0.667. The highest BCUT2D eigenvalue weighted by molar-refractivity contribution is 6.04. The fourth-order valence-electron chi connectivity index (χ4n) is 2.98. The molecular formula is C12H16O4. The summed E-state index contributed by atoms with van der Waals surface area (Å²) in [6.07, 6.45) is 3.64. The SMILES string of the molecule is COC(=O)C1(C(=O)OC)C2CC=C(C)CC21. The largest absolute Gasteiger partial charge is 0.468 e. The molecule has 4 nitrogen and oxygen atoms in total. The molecule has 0 saturated heterocycles. The van der Waals surface area contributed by atoms with Crippen molar-refractivity contribution in [3.05, 3.63) is 11.6 Å². The van der Waals surface area contributed by atoms with E-state index in [9.17, 15) is 9.59 Å². The van der Waals surface area contributed by atoms with E-state index in [1.165, 1.54) is 19.8 Å². The first-order valence-corrected chi connectivity index (χ1v) is 5.41. The maximum atomic E-state index is 11.8. The van der Waals surface area contributed by atoms with Gasteiger partial charge in [0.05, 0.1) is 14.2 Å². The number of ether oxygens (including phenoxy) is 2. The second-order valence-corrected chi connectivity index (χ2v) is 4.56. The van der Waals surface area contributed by atoms with Crippen molar-refractivity contribution >= 4 is 11.9 Å². The molecule has 2 rings (SSSR count). The molecule has 1 fully saturated rings. The van der Waals surface area contributed by atoms with Gasteiger partial charge in [-0.25, -0.2) is 0 Å². The number of hydrogen-bond donors (Lipinski definition) is 0. The smallest absolute Gasteiger partial charge is 0.323 e. The van der Waals surface area contributed by atoms with Crippen LogP contribution < -0.4 is 0 Å². The number of esters is 2. The van der Waals surface area contributed by atoms with E-state index in [0.717, 1.165) is 12.8 Å². The van der Waals surface area contributed by atoms with Crippen LogP contribution in [-0.4, -0.2) is 26.2 Å². The lowest BCUT2D eigenvalue weighted by Crippen LogP contribution is -2.31. The highest BCUT2D eigenvalue weighted by Crippen LogP contribution is 2.66. The van der Waals surface area contributed by atoms with Crippen molar-refractivity contribution < 1.29 is 19.1 Å². The molecule has 0 spiro atoms. The molecule has 88 valence electrons. The van der Waals surface area contributed by atoms with Gasteiger partial charge in [0.25, 0.3) is 0 Å². The zero-order chi connectivity index (χ0) is 11.9. The van der Waals surface area contributed by atoms with Crippen LogP contribution in [0.15, 0.2) is 11.6 Å². The van der Waals surface area contributed by atoms with Gasteiger partial charge in [0.2, 0.25) is 0 Å². The number of rotatable bonds is 2. The first kappa shape index (κ1) is 11.2. The summed E-state index contributed by atoms with van der Waals surface area (Å²) < 4.78 is 9.53. The number of hydrogen-bond acceptors (Lipinski definition) is 4. The van der Waals surface area contributed by atoms with Gasteiger partial charge in [-0.1, -0.05) is 11.6 Å². The van der Waals surface area contributed by atoms with Gasteiger partial charge >= 0.3 is 11.9 Å². The lowest BCUT2D eigenvalue weighted by Gasteiger charge is -2.12. The average Bonchev–Trinajstić information content (AvgIpc) is 2.95. The molecule has 0 amide bonds. The Morgan fingerprint density at radius 2 is 1.81 bits per heavy atom. The average molecular weight is 224 g/mol. The van der Waals surface area contributed by atoms with Gasteiger partial charge < -0.3 is 9.47 Å². The highest BCUT2D eigenvalue weighted by Gasteiger charge is 2.75. The Morgan fingerprint density at radius 1 is 1.25 bits per heavy atom. The Morgan fingerprint density at radius 3 is 2.25 bits per heavy atom. The minimum Gasteiger partial charge on any atom is -0.468 e. The normalized spacial score (nSPS) is 29.8. The Labute approximate surface area is 94.6 Å². The number of carbonyl (C=O) groups excluding carboxylic acids is 2. The molecular weight excluding hydrogens is 208 g/mol. The summed E-state index contributed by atoms with van der Waals surface area (Å²) in [5.41, 5.74) is 0.202. The van der Waals surface area contributed by atoms with Gasteiger partial charge in [0.15, 0.2) is 5.41 Å². The van der Waals surface area contributed by atoms with E-state index in [-0.39, 0.29) is 11.8 Å². The molecule has 1 saturated carbocycles. The third-order valence-corrected chi connectivity index (χ3v) is 3.85. The standard InChI is InChI=1S/C12H16O4/c1-7-4-5-8-9(6-7)12(8,10(13)15-2)11(14)16-3/h4,8-9H,5-6H2,1-3H3. The van der Waals surface area contributed by atoms with Crippen molar-refractivity contribution in [3.8, 4) is 0 Å². The van der Waals surface area contributed by atoms with E-state index in [0.29, 0.717) is 0 Å². The fourth-order valence-corrected chi connectivity index (χ4v) is 2.98. The molecule has 2 atom stereocenters. The monoisotopic (exact) mass is 224 g/mol. The first-order chi connectivity index (χ1) is 7.58. The van der Waals surface area contributed by atoms with Gasteiger partial charge in [-0.3, -0.25) is 9.59 Å². The lowest BCUT2D eigenvalue weighted by atomic mass is 10.0. The van der Waals surface area contributed by atoms with Crippen LogP contribution in [0.25, 0.3) is 0 Å². The lowest BCUT2D eigenvalue weighted by molar-refractivity contribution is -0.162. The van der Waals surface area contributed by atoms with Crippen molar-refractivity contribution in [3.63, 3.8) is 0 Å². The van der Waals surface area contributed by atoms with Crippen molar-refractivity contribution in [2.24, 2.45) is 17.3 Å². The predicted octanol–water partition coefficient (Wildman–Crippen LogP) is 1.30. The Bertz CT molecular complexity index is 353. The Kier molecular flexibility index (Phi) is 2.52. The zero-order valence-corrected chi connectivity index (χ0v) is 9.78. The number of allylic oxidation sites excluding steroid dienone is 2. The zero-order valence-electron chi connectivity index (χ0n) is 9.78. The molecule has 2 aliphatic carbocycles. The summed E-state index contributed by atoms with van der Waals surface area (Å²) in [6.45, 7) is 2.02. The van der Waals surface area contributed by atoms with E-state index in [4.69, 9.17) is 9.47 Å². The second-order valence-electron chi connectivity index (χ2n) is 4.56. The summed E-state index contributed by atoms with van der Waals surface area (Å²) in [6, 6.07) is 0. The second kappa shape index (κ2) is 3.61. The maximum absolute atomic E-state index is 11.8. The highest BCUT2D eigenvalue weighted by atomic mass is 16.5. The van der Waals surface area contributed by atoms with Crippen molar-refractivity contribution in [2.75, 3.05) is 14.2 Å².